The fourth-order valence-electron chi connectivity index (χ4n) is 0.952. The summed E-state index contributed by atoms with van der Waals surface area (Å²) in [7, 11) is 0. The number of ketones is 1. The number of nitrogens with zero attached hydrogens (tertiary/aromatic N) is 1. The third-order valence-corrected chi connectivity index (χ3v) is 2.63. The van der Waals surface area contributed by atoms with Crippen LogP contribution in [0, 0.1) is 6.92 Å². The Hall–Kier alpha value is -0.690. The van der Waals surface area contributed by atoms with Crippen LogP contribution in [0.2, 0.25) is 0 Å². The van der Waals surface area contributed by atoms with Gasteiger partial charge >= 0.3 is 0 Å². The SMILES string of the molecule is CC(=O)Nc1nc(C)c(C(=O)CN)s1.Cl.Cl. The highest BCUT2D eigenvalue weighted by Gasteiger charge is 2.13. The van der Waals surface area contributed by atoms with Gasteiger partial charge in [0, 0.05) is 6.92 Å². The van der Waals surface area contributed by atoms with E-state index in [1.807, 2.05) is 0 Å². The Labute approximate surface area is 110 Å². The molecule has 1 aromatic rings. The summed E-state index contributed by atoms with van der Waals surface area (Å²) in [5.41, 5.74) is 5.83. The highest BCUT2D eigenvalue weighted by atomic mass is 35.5. The van der Waals surface area contributed by atoms with Crippen molar-refractivity contribution < 1.29 is 9.59 Å². The molecule has 0 aromatic carbocycles. The number of aryl methyl sites for hydroxylation is 1. The maximum absolute atomic E-state index is 11.3. The van der Waals surface area contributed by atoms with Gasteiger partial charge in [-0.1, -0.05) is 11.3 Å². The molecular weight excluding hydrogens is 273 g/mol. The van der Waals surface area contributed by atoms with Crippen molar-refractivity contribution in [1.82, 2.24) is 4.98 Å². The minimum absolute atomic E-state index is 0. The second-order valence-electron chi connectivity index (χ2n) is 2.74. The first-order valence-electron chi connectivity index (χ1n) is 4.03. The van der Waals surface area contributed by atoms with Crippen LogP contribution >= 0.6 is 36.2 Å². The van der Waals surface area contributed by atoms with E-state index in [0.717, 1.165) is 11.3 Å². The van der Waals surface area contributed by atoms with E-state index in [9.17, 15) is 9.59 Å². The molecule has 3 N–H and O–H groups in total. The Balaban J connectivity index is 0. The van der Waals surface area contributed by atoms with Crippen molar-refractivity contribution in [2.75, 3.05) is 11.9 Å². The number of hydrogen-bond acceptors (Lipinski definition) is 5. The highest BCUT2D eigenvalue weighted by molar-refractivity contribution is 7.17. The van der Waals surface area contributed by atoms with Gasteiger partial charge in [0.15, 0.2) is 10.9 Å². The molecule has 0 bridgehead atoms. The second-order valence-corrected chi connectivity index (χ2v) is 3.74. The van der Waals surface area contributed by atoms with Crippen molar-refractivity contribution in [3.8, 4) is 0 Å². The van der Waals surface area contributed by atoms with Crippen molar-refractivity contribution in [3.05, 3.63) is 10.6 Å². The first kappa shape index (κ1) is 17.7. The van der Waals surface area contributed by atoms with Crippen molar-refractivity contribution in [2.24, 2.45) is 5.73 Å². The Morgan fingerprint density at radius 3 is 2.44 bits per heavy atom. The summed E-state index contributed by atoms with van der Waals surface area (Å²) < 4.78 is 0. The molecule has 0 aliphatic heterocycles. The summed E-state index contributed by atoms with van der Waals surface area (Å²) in [6.45, 7) is 3.06. The van der Waals surface area contributed by atoms with Crippen LogP contribution < -0.4 is 11.1 Å². The van der Waals surface area contributed by atoms with E-state index < -0.39 is 0 Å². The summed E-state index contributed by atoms with van der Waals surface area (Å²) in [5.74, 6) is -0.359. The van der Waals surface area contributed by atoms with Gasteiger partial charge in [-0.05, 0) is 6.92 Å². The van der Waals surface area contributed by atoms with Gasteiger partial charge in [0.2, 0.25) is 5.91 Å². The molecule has 16 heavy (non-hydrogen) atoms. The number of halogens is 2. The standard InChI is InChI=1S/C8H11N3O2S.2ClH/c1-4-7(6(13)3-9)14-8(10-4)11-5(2)12;;/h3,9H2,1-2H3,(H,10,11,12);2*1H. The molecule has 0 aliphatic carbocycles. The zero-order chi connectivity index (χ0) is 10.7. The molecule has 0 saturated carbocycles. The van der Waals surface area contributed by atoms with Gasteiger partial charge in [0.05, 0.1) is 17.1 Å². The average molecular weight is 286 g/mol. The summed E-state index contributed by atoms with van der Waals surface area (Å²) >= 11 is 1.15. The molecule has 0 saturated heterocycles. The number of anilines is 1. The lowest BCUT2D eigenvalue weighted by molar-refractivity contribution is -0.114. The normalized spacial score (nSPS) is 8.69. The third kappa shape index (κ3) is 4.44. The lowest BCUT2D eigenvalue weighted by atomic mass is 10.3. The van der Waals surface area contributed by atoms with Gasteiger partial charge in [-0.3, -0.25) is 9.59 Å². The van der Waals surface area contributed by atoms with Gasteiger partial charge < -0.3 is 11.1 Å². The zero-order valence-electron chi connectivity index (χ0n) is 8.77. The van der Waals surface area contributed by atoms with Crippen LogP contribution in [0.1, 0.15) is 22.3 Å². The number of carbonyl (C=O) groups is 2. The first-order chi connectivity index (χ1) is 6.54. The van der Waals surface area contributed by atoms with E-state index in [-0.39, 0.29) is 43.0 Å². The summed E-state index contributed by atoms with van der Waals surface area (Å²) in [4.78, 5) is 26.5. The summed E-state index contributed by atoms with van der Waals surface area (Å²) in [5, 5.41) is 2.96. The Bertz CT molecular complexity index is 381. The second kappa shape index (κ2) is 7.56. The number of hydrogen-bond donors (Lipinski definition) is 2. The summed E-state index contributed by atoms with van der Waals surface area (Å²) in [6.07, 6.45) is 0. The van der Waals surface area contributed by atoms with E-state index >= 15 is 0 Å². The van der Waals surface area contributed by atoms with Crippen molar-refractivity contribution >= 4 is 53.0 Å². The molecule has 1 amide bonds. The largest absolute Gasteiger partial charge is 0.324 e. The third-order valence-electron chi connectivity index (χ3n) is 1.52. The average Bonchev–Trinajstić information content (AvgIpc) is 2.44. The monoisotopic (exact) mass is 285 g/mol. The number of rotatable bonds is 3. The molecule has 0 spiro atoms. The van der Waals surface area contributed by atoms with Gasteiger partial charge in [-0.15, -0.1) is 24.8 Å². The number of carbonyl (C=O) groups excluding carboxylic acids is 2. The molecule has 0 atom stereocenters. The van der Waals surface area contributed by atoms with E-state index in [4.69, 9.17) is 5.73 Å². The molecule has 5 nitrogen and oxygen atoms in total. The van der Waals surface area contributed by atoms with E-state index in [1.54, 1.807) is 6.92 Å². The quantitative estimate of drug-likeness (QED) is 0.822. The van der Waals surface area contributed by atoms with Crippen LogP contribution in [-0.2, 0) is 4.79 Å². The van der Waals surface area contributed by atoms with Crippen LogP contribution in [0.15, 0.2) is 0 Å². The maximum atomic E-state index is 11.3. The molecule has 8 heteroatoms. The first-order valence-corrected chi connectivity index (χ1v) is 4.84. The maximum Gasteiger partial charge on any atom is 0.223 e. The van der Waals surface area contributed by atoms with Crippen LogP contribution in [0.3, 0.4) is 0 Å². The van der Waals surface area contributed by atoms with Crippen molar-refractivity contribution in [3.63, 3.8) is 0 Å². The van der Waals surface area contributed by atoms with Crippen molar-refractivity contribution in [1.29, 1.82) is 0 Å². The predicted octanol–water partition coefficient (Wildman–Crippen LogP) is 1.39. The number of aromatic nitrogens is 1. The number of nitrogens with two attached hydrogens (primary N) is 1. The van der Waals surface area contributed by atoms with Crippen LogP contribution in [-0.4, -0.2) is 23.2 Å². The van der Waals surface area contributed by atoms with E-state index in [1.165, 1.54) is 6.92 Å². The number of thiazole rings is 1. The molecule has 1 aromatic heterocycles. The molecule has 1 heterocycles. The van der Waals surface area contributed by atoms with E-state index in [0.29, 0.717) is 15.7 Å². The zero-order valence-corrected chi connectivity index (χ0v) is 11.2. The highest BCUT2D eigenvalue weighted by Crippen LogP contribution is 2.22. The van der Waals surface area contributed by atoms with Gasteiger partial charge in [0.25, 0.3) is 0 Å². The molecular formula is C8H13Cl2N3O2S. The van der Waals surface area contributed by atoms with Crippen LogP contribution in [0.5, 0.6) is 0 Å². The minimum atomic E-state index is -0.203. The molecule has 0 unspecified atom stereocenters. The number of Topliss-reactive ketones (excluding diaryl/α,β-unsaturated/α-hetero) is 1. The van der Waals surface area contributed by atoms with Crippen LogP contribution in [0.4, 0.5) is 5.13 Å². The fraction of sp³-hybridized carbons (Fsp3) is 0.375. The van der Waals surface area contributed by atoms with Crippen molar-refractivity contribution in [2.45, 2.75) is 13.8 Å². The molecule has 0 fully saturated rings. The lowest BCUT2D eigenvalue weighted by Crippen LogP contribution is -2.13. The Morgan fingerprint density at radius 1 is 1.44 bits per heavy atom. The number of nitrogens with one attached hydrogen (secondary N) is 1. The van der Waals surface area contributed by atoms with E-state index in [2.05, 4.69) is 10.3 Å². The Kier molecular flexibility index (Phi) is 8.36. The van der Waals surface area contributed by atoms with Gasteiger partial charge in [-0.25, -0.2) is 4.98 Å². The topological polar surface area (TPSA) is 85.1 Å². The Morgan fingerprint density at radius 2 is 2.00 bits per heavy atom. The van der Waals surface area contributed by atoms with Crippen LogP contribution in [0.25, 0.3) is 0 Å². The fourth-order valence-corrected chi connectivity index (χ4v) is 1.91. The molecule has 92 valence electrons. The molecule has 0 aliphatic rings. The minimum Gasteiger partial charge on any atom is -0.324 e. The lowest BCUT2D eigenvalue weighted by Gasteiger charge is -1.92. The number of amides is 1. The van der Waals surface area contributed by atoms with Gasteiger partial charge in [-0.2, -0.15) is 0 Å². The molecule has 1 rings (SSSR count). The predicted molar refractivity (Wildman–Crippen MR) is 69.0 cm³/mol. The summed E-state index contributed by atoms with van der Waals surface area (Å²) in [6, 6.07) is 0. The smallest absolute Gasteiger partial charge is 0.223 e. The van der Waals surface area contributed by atoms with Gasteiger partial charge in [0.1, 0.15) is 0 Å². The molecule has 0 radical (unpaired) electrons.